The minimum Gasteiger partial charge on any atom is -0.447 e. The van der Waals surface area contributed by atoms with Crippen LogP contribution < -0.4 is 10.6 Å². The molecule has 0 atom stereocenters. The molecule has 0 aliphatic heterocycles. The quantitative estimate of drug-likeness (QED) is 0.488. The van der Waals surface area contributed by atoms with E-state index in [4.69, 9.17) is 5.11 Å². The summed E-state index contributed by atoms with van der Waals surface area (Å²) < 4.78 is 4.68. The van der Waals surface area contributed by atoms with Gasteiger partial charge in [0.1, 0.15) is 6.61 Å². The molecule has 1 aromatic carbocycles. The number of hydrogen-bond acceptors (Lipinski definition) is 4. The van der Waals surface area contributed by atoms with Gasteiger partial charge in [0, 0.05) is 13.1 Å². The lowest BCUT2D eigenvalue weighted by atomic mass is 10.1. The summed E-state index contributed by atoms with van der Waals surface area (Å²) in [5.41, 5.74) is 1.43. The van der Waals surface area contributed by atoms with Crippen molar-refractivity contribution >= 4 is 6.09 Å². The normalized spacial score (nSPS) is 10.5. The standard InChI is InChI=1S/C18H30N2O3/c21-15-16-23-18(22)20-14-13-19-12-8-3-1-2-5-9-17-10-6-4-7-11-17/h4,6-7,10-11,19,21H,1-3,5,8-9,12-16H2,(H,20,22). The van der Waals surface area contributed by atoms with Crippen LogP contribution in [0.15, 0.2) is 30.3 Å². The number of rotatable bonds is 13. The van der Waals surface area contributed by atoms with Crippen molar-refractivity contribution in [3.63, 3.8) is 0 Å². The van der Waals surface area contributed by atoms with Crippen LogP contribution in [0.5, 0.6) is 0 Å². The van der Waals surface area contributed by atoms with Gasteiger partial charge < -0.3 is 20.5 Å². The van der Waals surface area contributed by atoms with Gasteiger partial charge in [-0.1, -0.05) is 49.6 Å². The lowest BCUT2D eigenvalue weighted by molar-refractivity contribution is 0.119. The number of aliphatic hydroxyl groups excluding tert-OH is 1. The Morgan fingerprint density at radius 3 is 2.48 bits per heavy atom. The lowest BCUT2D eigenvalue weighted by Gasteiger charge is -2.07. The molecule has 5 heteroatoms. The first-order chi connectivity index (χ1) is 11.3. The Labute approximate surface area is 139 Å². The molecule has 1 rings (SSSR count). The summed E-state index contributed by atoms with van der Waals surface area (Å²) >= 11 is 0. The number of nitrogens with one attached hydrogen (secondary N) is 2. The highest BCUT2D eigenvalue weighted by Gasteiger charge is 1.99. The molecule has 0 aliphatic rings. The van der Waals surface area contributed by atoms with Crippen molar-refractivity contribution in [2.24, 2.45) is 0 Å². The third-order valence-electron chi connectivity index (χ3n) is 3.56. The molecule has 0 aliphatic carbocycles. The summed E-state index contributed by atoms with van der Waals surface area (Å²) in [5.74, 6) is 0. The van der Waals surface area contributed by atoms with E-state index in [-0.39, 0.29) is 13.2 Å². The van der Waals surface area contributed by atoms with Gasteiger partial charge in [0.15, 0.2) is 0 Å². The largest absolute Gasteiger partial charge is 0.447 e. The van der Waals surface area contributed by atoms with E-state index in [1.54, 1.807) is 0 Å². The summed E-state index contributed by atoms with van der Waals surface area (Å²) in [7, 11) is 0. The molecule has 1 amide bonds. The number of aryl methyl sites for hydroxylation is 1. The molecule has 0 unspecified atom stereocenters. The molecule has 0 bridgehead atoms. The van der Waals surface area contributed by atoms with Crippen molar-refractivity contribution in [1.29, 1.82) is 0 Å². The summed E-state index contributed by atoms with van der Waals surface area (Å²) in [4.78, 5) is 11.1. The van der Waals surface area contributed by atoms with Crippen molar-refractivity contribution in [2.75, 3.05) is 32.8 Å². The average molecular weight is 322 g/mol. The molecule has 0 saturated heterocycles. The first-order valence-electron chi connectivity index (χ1n) is 8.59. The van der Waals surface area contributed by atoms with Crippen LogP contribution >= 0.6 is 0 Å². The molecule has 0 radical (unpaired) electrons. The number of benzene rings is 1. The first-order valence-corrected chi connectivity index (χ1v) is 8.59. The number of amides is 1. The topological polar surface area (TPSA) is 70.6 Å². The van der Waals surface area contributed by atoms with Gasteiger partial charge in [-0.15, -0.1) is 0 Å². The van der Waals surface area contributed by atoms with E-state index in [0.717, 1.165) is 13.1 Å². The SMILES string of the molecule is O=C(NCCNCCCCCCCc1ccccc1)OCCO. The summed E-state index contributed by atoms with van der Waals surface area (Å²) in [5, 5.41) is 14.4. The molecular formula is C18H30N2O3. The van der Waals surface area contributed by atoms with Crippen LogP contribution in [0.25, 0.3) is 0 Å². The molecule has 5 nitrogen and oxygen atoms in total. The van der Waals surface area contributed by atoms with Crippen LogP contribution in [0.4, 0.5) is 4.79 Å². The number of carbonyl (C=O) groups excluding carboxylic acids is 1. The van der Waals surface area contributed by atoms with Crippen molar-refractivity contribution in [1.82, 2.24) is 10.6 Å². The highest BCUT2D eigenvalue weighted by Crippen LogP contribution is 2.08. The van der Waals surface area contributed by atoms with Gasteiger partial charge in [0.25, 0.3) is 0 Å². The van der Waals surface area contributed by atoms with E-state index in [1.165, 1.54) is 44.1 Å². The summed E-state index contributed by atoms with van der Waals surface area (Å²) in [6, 6.07) is 10.6. The third kappa shape index (κ3) is 11.6. The average Bonchev–Trinajstić information content (AvgIpc) is 2.58. The monoisotopic (exact) mass is 322 g/mol. The van der Waals surface area contributed by atoms with E-state index < -0.39 is 6.09 Å². The molecule has 1 aromatic rings. The number of alkyl carbamates (subject to hydrolysis) is 1. The molecular weight excluding hydrogens is 292 g/mol. The minimum absolute atomic E-state index is 0.0452. The van der Waals surface area contributed by atoms with Crippen LogP contribution in [0.2, 0.25) is 0 Å². The molecule has 23 heavy (non-hydrogen) atoms. The summed E-state index contributed by atoms with van der Waals surface area (Å²) in [6.07, 6.45) is 6.94. The second-order valence-corrected chi connectivity index (χ2v) is 5.54. The Morgan fingerprint density at radius 2 is 1.70 bits per heavy atom. The fourth-order valence-electron chi connectivity index (χ4n) is 2.32. The molecule has 0 fully saturated rings. The van der Waals surface area contributed by atoms with Crippen LogP contribution in [0.1, 0.15) is 37.7 Å². The van der Waals surface area contributed by atoms with Gasteiger partial charge in [-0.25, -0.2) is 4.79 Å². The fraction of sp³-hybridized carbons (Fsp3) is 0.611. The Kier molecular flexibility index (Phi) is 11.9. The zero-order valence-electron chi connectivity index (χ0n) is 13.9. The van der Waals surface area contributed by atoms with Crippen LogP contribution in [0.3, 0.4) is 0 Å². The Hall–Kier alpha value is -1.59. The molecule has 130 valence electrons. The second-order valence-electron chi connectivity index (χ2n) is 5.54. The Bertz CT molecular complexity index is 399. The minimum atomic E-state index is -0.473. The van der Waals surface area contributed by atoms with Gasteiger partial charge >= 0.3 is 6.09 Å². The smallest absolute Gasteiger partial charge is 0.407 e. The van der Waals surface area contributed by atoms with E-state index >= 15 is 0 Å². The fourth-order valence-corrected chi connectivity index (χ4v) is 2.32. The number of unbranched alkanes of at least 4 members (excludes halogenated alkanes) is 4. The highest BCUT2D eigenvalue weighted by molar-refractivity contribution is 5.67. The zero-order valence-corrected chi connectivity index (χ0v) is 13.9. The maximum Gasteiger partial charge on any atom is 0.407 e. The molecule has 0 aromatic heterocycles. The van der Waals surface area contributed by atoms with Crippen LogP contribution in [-0.4, -0.2) is 44.0 Å². The van der Waals surface area contributed by atoms with Crippen molar-refractivity contribution in [2.45, 2.75) is 38.5 Å². The van der Waals surface area contributed by atoms with Gasteiger partial charge in [0.2, 0.25) is 0 Å². The Balaban J connectivity index is 1.79. The van der Waals surface area contributed by atoms with E-state index in [9.17, 15) is 4.79 Å². The third-order valence-corrected chi connectivity index (χ3v) is 3.56. The Morgan fingerprint density at radius 1 is 0.957 bits per heavy atom. The number of hydrogen-bond donors (Lipinski definition) is 3. The van der Waals surface area contributed by atoms with Crippen LogP contribution in [-0.2, 0) is 11.2 Å². The maximum atomic E-state index is 11.1. The van der Waals surface area contributed by atoms with Gasteiger partial charge in [-0.3, -0.25) is 0 Å². The molecule has 0 saturated carbocycles. The number of ether oxygens (including phenoxy) is 1. The molecule has 3 N–H and O–H groups in total. The number of aliphatic hydroxyl groups is 1. The van der Waals surface area contributed by atoms with Crippen molar-refractivity contribution in [3.8, 4) is 0 Å². The predicted molar refractivity (Wildman–Crippen MR) is 92.5 cm³/mol. The predicted octanol–water partition coefficient (Wildman–Crippen LogP) is 2.49. The lowest BCUT2D eigenvalue weighted by Crippen LogP contribution is -2.33. The van der Waals surface area contributed by atoms with Crippen molar-refractivity contribution < 1.29 is 14.6 Å². The highest BCUT2D eigenvalue weighted by atomic mass is 16.6. The van der Waals surface area contributed by atoms with Gasteiger partial charge in [0.05, 0.1) is 6.61 Å². The van der Waals surface area contributed by atoms with Gasteiger partial charge in [-0.05, 0) is 31.4 Å². The number of carbonyl (C=O) groups is 1. The maximum absolute atomic E-state index is 11.1. The van der Waals surface area contributed by atoms with Crippen molar-refractivity contribution in [3.05, 3.63) is 35.9 Å². The van der Waals surface area contributed by atoms with E-state index in [0.29, 0.717) is 6.54 Å². The molecule has 0 spiro atoms. The molecule has 0 heterocycles. The van der Waals surface area contributed by atoms with Gasteiger partial charge in [-0.2, -0.15) is 0 Å². The zero-order chi connectivity index (χ0) is 16.6. The second kappa shape index (κ2) is 14.0. The first kappa shape index (κ1) is 19.5. The van der Waals surface area contributed by atoms with E-state index in [1.807, 2.05) is 0 Å². The van der Waals surface area contributed by atoms with E-state index in [2.05, 4.69) is 45.7 Å². The van der Waals surface area contributed by atoms with Crippen LogP contribution in [0, 0.1) is 0 Å². The summed E-state index contributed by atoms with van der Waals surface area (Å²) in [6.45, 7) is 2.16.